The minimum absolute atomic E-state index is 0.244. The molecule has 4 rings (SSSR count). The first-order valence-corrected chi connectivity index (χ1v) is 11.4. The summed E-state index contributed by atoms with van der Waals surface area (Å²) in [5.74, 6) is 0.760. The fraction of sp³-hybridized carbons (Fsp3) is 0.250. The van der Waals surface area contributed by atoms with E-state index in [-0.39, 0.29) is 22.8 Å². The Balaban J connectivity index is 1.55. The summed E-state index contributed by atoms with van der Waals surface area (Å²) in [5.41, 5.74) is 3.26. The van der Waals surface area contributed by atoms with Gasteiger partial charge in [-0.3, -0.25) is 4.79 Å². The van der Waals surface area contributed by atoms with E-state index in [0.717, 1.165) is 28.9 Å². The molecule has 1 N–H and O–H groups in total. The minimum atomic E-state index is -0.293. The number of anilines is 1. The van der Waals surface area contributed by atoms with Gasteiger partial charge in [0, 0.05) is 19.3 Å². The second-order valence-corrected chi connectivity index (χ2v) is 8.86. The summed E-state index contributed by atoms with van der Waals surface area (Å²) in [6.45, 7) is 3.10. The highest BCUT2D eigenvalue weighted by atomic mass is 79.9. The predicted octanol–water partition coefficient (Wildman–Crippen LogP) is 5.70. The molecule has 1 amide bonds. The Kier molecular flexibility index (Phi) is 6.67. The van der Waals surface area contributed by atoms with Crippen LogP contribution in [0.3, 0.4) is 0 Å². The van der Waals surface area contributed by atoms with Crippen LogP contribution in [0.25, 0.3) is 0 Å². The first kappa shape index (κ1) is 22.6. The van der Waals surface area contributed by atoms with Gasteiger partial charge in [-0.15, -0.1) is 0 Å². The van der Waals surface area contributed by atoms with Crippen molar-refractivity contribution in [1.82, 2.24) is 10.3 Å². The van der Waals surface area contributed by atoms with Crippen molar-refractivity contribution in [3.63, 3.8) is 0 Å². The van der Waals surface area contributed by atoms with Gasteiger partial charge in [-0.2, -0.15) is 0 Å². The third-order valence-electron chi connectivity index (χ3n) is 5.64. The molecule has 1 aliphatic rings. The Hall–Kier alpha value is -2.64. The number of aromatic nitrogens is 1. The molecule has 32 heavy (non-hydrogen) atoms. The van der Waals surface area contributed by atoms with Gasteiger partial charge >= 0.3 is 0 Å². The van der Waals surface area contributed by atoms with Gasteiger partial charge in [-0.25, -0.2) is 9.37 Å². The number of amides is 1. The van der Waals surface area contributed by atoms with Crippen LogP contribution in [-0.2, 0) is 13.0 Å². The van der Waals surface area contributed by atoms with Crippen molar-refractivity contribution in [3.05, 3.63) is 86.2 Å². The highest BCUT2D eigenvalue weighted by Gasteiger charge is 2.23. The van der Waals surface area contributed by atoms with Crippen molar-refractivity contribution in [2.45, 2.75) is 25.9 Å². The number of nitrogens with one attached hydrogen (secondary N) is 1. The van der Waals surface area contributed by atoms with Crippen LogP contribution in [0.5, 0.6) is 5.75 Å². The molecule has 8 heteroatoms. The van der Waals surface area contributed by atoms with Gasteiger partial charge in [-0.05, 0) is 70.2 Å². The summed E-state index contributed by atoms with van der Waals surface area (Å²) in [6.07, 6.45) is 2.24. The van der Waals surface area contributed by atoms with Gasteiger partial charge < -0.3 is 15.0 Å². The topological polar surface area (TPSA) is 54.5 Å². The molecular formula is C24H22BrClFN3O2. The quantitative estimate of drug-likeness (QED) is 0.471. The lowest BCUT2D eigenvalue weighted by Gasteiger charge is -2.31. The molecule has 1 unspecified atom stereocenters. The number of rotatable bonds is 5. The second kappa shape index (κ2) is 9.46. The Bertz CT molecular complexity index is 1170. The van der Waals surface area contributed by atoms with E-state index >= 15 is 0 Å². The van der Waals surface area contributed by atoms with Crippen LogP contribution in [-0.4, -0.2) is 24.5 Å². The summed E-state index contributed by atoms with van der Waals surface area (Å²) in [4.78, 5) is 19.4. The first-order chi connectivity index (χ1) is 15.4. The zero-order valence-corrected chi connectivity index (χ0v) is 20.0. The number of benzene rings is 2. The SMILES string of the molecule is COc1cccc(C(C)NC(=O)c2cc(N3CCc4ccc(F)c(Br)c4C3)ncc2Cl)c1. The lowest BCUT2D eigenvalue weighted by Crippen LogP contribution is -2.32. The zero-order valence-electron chi connectivity index (χ0n) is 17.7. The number of hydrogen-bond donors (Lipinski definition) is 1. The van der Waals surface area contributed by atoms with Crippen LogP contribution in [0.2, 0.25) is 5.02 Å². The molecule has 0 saturated carbocycles. The highest BCUT2D eigenvalue weighted by molar-refractivity contribution is 9.10. The maximum atomic E-state index is 14.0. The predicted molar refractivity (Wildman–Crippen MR) is 127 cm³/mol. The van der Waals surface area contributed by atoms with E-state index in [9.17, 15) is 9.18 Å². The molecule has 2 aromatic carbocycles. The molecular weight excluding hydrogens is 497 g/mol. The van der Waals surface area contributed by atoms with E-state index in [2.05, 4.69) is 26.2 Å². The van der Waals surface area contributed by atoms with Crippen molar-refractivity contribution in [2.24, 2.45) is 0 Å². The molecule has 5 nitrogen and oxygen atoms in total. The number of halogens is 3. The third kappa shape index (κ3) is 4.59. The highest BCUT2D eigenvalue weighted by Crippen LogP contribution is 2.32. The lowest BCUT2D eigenvalue weighted by molar-refractivity contribution is 0.0940. The minimum Gasteiger partial charge on any atom is -0.497 e. The smallest absolute Gasteiger partial charge is 0.253 e. The molecule has 0 spiro atoms. The van der Waals surface area contributed by atoms with Gasteiger partial charge in [0.1, 0.15) is 17.4 Å². The van der Waals surface area contributed by atoms with E-state index in [1.807, 2.05) is 42.2 Å². The molecule has 0 radical (unpaired) electrons. The van der Waals surface area contributed by atoms with Gasteiger partial charge in [-0.1, -0.05) is 29.8 Å². The fourth-order valence-electron chi connectivity index (χ4n) is 3.80. The molecule has 3 aromatic rings. The third-order valence-corrected chi connectivity index (χ3v) is 6.80. The Morgan fingerprint density at radius 1 is 1.31 bits per heavy atom. The van der Waals surface area contributed by atoms with E-state index in [0.29, 0.717) is 28.9 Å². The molecule has 0 aliphatic carbocycles. The first-order valence-electron chi connectivity index (χ1n) is 10.2. The van der Waals surface area contributed by atoms with Crippen LogP contribution in [0.4, 0.5) is 10.2 Å². The standard InChI is InChI=1S/C24H22BrClFN3O2/c1-14(16-4-3-5-17(10-16)32-2)29-24(31)18-11-22(28-12-20(18)26)30-9-8-15-6-7-21(27)23(25)19(15)13-30/h3-7,10-12,14H,8-9,13H2,1-2H3,(H,29,31). The molecule has 0 saturated heterocycles. The number of nitrogens with zero attached hydrogens (tertiary/aromatic N) is 2. The molecule has 1 aliphatic heterocycles. The van der Waals surface area contributed by atoms with Crippen LogP contribution < -0.4 is 15.0 Å². The molecule has 1 atom stereocenters. The van der Waals surface area contributed by atoms with Crippen molar-refractivity contribution in [2.75, 3.05) is 18.6 Å². The number of pyridine rings is 1. The number of hydrogen-bond acceptors (Lipinski definition) is 4. The maximum absolute atomic E-state index is 14.0. The Labute approximate surface area is 199 Å². The average molecular weight is 519 g/mol. The van der Waals surface area contributed by atoms with Crippen molar-refractivity contribution >= 4 is 39.3 Å². The summed E-state index contributed by atoms with van der Waals surface area (Å²) >= 11 is 9.67. The van der Waals surface area contributed by atoms with Crippen LogP contribution in [0, 0.1) is 5.82 Å². The monoisotopic (exact) mass is 517 g/mol. The Morgan fingerprint density at radius 2 is 2.12 bits per heavy atom. The van der Waals surface area contributed by atoms with Gasteiger partial charge in [0.2, 0.25) is 0 Å². The summed E-state index contributed by atoms with van der Waals surface area (Å²) in [5, 5.41) is 3.26. The van der Waals surface area contributed by atoms with Crippen LogP contribution in [0.15, 0.2) is 53.1 Å². The van der Waals surface area contributed by atoms with Gasteiger partial charge in [0.15, 0.2) is 0 Å². The van der Waals surface area contributed by atoms with Crippen LogP contribution >= 0.6 is 27.5 Å². The zero-order chi connectivity index (χ0) is 22.8. The molecule has 0 bridgehead atoms. The van der Waals surface area contributed by atoms with Crippen molar-refractivity contribution in [1.29, 1.82) is 0 Å². The molecule has 0 fully saturated rings. The number of ether oxygens (including phenoxy) is 1. The van der Waals surface area contributed by atoms with E-state index in [4.69, 9.17) is 16.3 Å². The fourth-order valence-corrected chi connectivity index (χ4v) is 4.50. The number of carbonyl (C=O) groups excluding carboxylic acids is 1. The normalized spacial score (nSPS) is 14.0. The Morgan fingerprint density at radius 3 is 2.91 bits per heavy atom. The van der Waals surface area contributed by atoms with Crippen LogP contribution in [0.1, 0.15) is 40.0 Å². The average Bonchev–Trinajstić information content (AvgIpc) is 2.81. The number of methoxy groups -OCH3 is 1. The van der Waals surface area contributed by atoms with Gasteiger partial charge in [0.05, 0.1) is 28.2 Å². The number of carbonyl (C=O) groups is 1. The summed E-state index contributed by atoms with van der Waals surface area (Å²) in [7, 11) is 1.60. The van der Waals surface area contributed by atoms with Crippen molar-refractivity contribution < 1.29 is 13.9 Å². The van der Waals surface area contributed by atoms with Crippen molar-refractivity contribution in [3.8, 4) is 5.75 Å². The largest absolute Gasteiger partial charge is 0.497 e. The van der Waals surface area contributed by atoms with E-state index < -0.39 is 0 Å². The van der Waals surface area contributed by atoms with E-state index in [1.165, 1.54) is 12.3 Å². The molecule has 2 heterocycles. The van der Waals surface area contributed by atoms with E-state index in [1.54, 1.807) is 13.2 Å². The summed E-state index contributed by atoms with van der Waals surface area (Å²) < 4.78 is 19.7. The summed E-state index contributed by atoms with van der Waals surface area (Å²) in [6, 6.07) is 12.3. The molecule has 1 aromatic heterocycles. The maximum Gasteiger partial charge on any atom is 0.253 e. The lowest BCUT2D eigenvalue weighted by atomic mass is 9.99. The molecule has 166 valence electrons. The van der Waals surface area contributed by atoms with Gasteiger partial charge in [0.25, 0.3) is 5.91 Å². The number of fused-ring (bicyclic) bond motifs is 1. The second-order valence-electron chi connectivity index (χ2n) is 7.66.